The number of aryl methyl sites for hydroxylation is 1. The molecule has 1 N–H and O–H groups in total. The number of carbonyl (C=O) groups is 1. The number of aliphatic carboxylic acids is 1. The third-order valence-electron chi connectivity index (χ3n) is 7.27. The van der Waals surface area contributed by atoms with Crippen LogP contribution in [0.4, 0.5) is 0 Å². The van der Waals surface area contributed by atoms with Crippen molar-refractivity contribution < 1.29 is 9.90 Å². The molecule has 3 rings (SSSR count). The van der Waals surface area contributed by atoms with Gasteiger partial charge in [0.1, 0.15) is 0 Å². The number of carboxylic acid groups (broad SMARTS) is 1. The average Bonchev–Trinajstić information content (AvgIpc) is 3.25. The SMILES string of the molecule is CC(C=CC1CC1(C)CCc1ccc2c(c1)C(C)(C)CCC2(C)C)=CC(=O)O. The van der Waals surface area contributed by atoms with Crippen LogP contribution in [0.15, 0.2) is 42.0 Å². The quantitative estimate of drug-likeness (QED) is 0.447. The van der Waals surface area contributed by atoms with Gasteiger partial charge in [0.2, 0.25) is 0 Å². The molecule has 0 heterocycles. The van der Waals surface area contributed by atoms with Crippen molar-refractivity contribution in [1.82, 2.24) is 0 Å². The molecule has 0 aliphatic heterocycles. The van der Waals surface area contributed by atoms with Crippen molar-refractivity contribution in [3.63, 3.8) is 0 Å². The summed E-state index contributed by atoms with van der Waals surface area (Å²) in [6, 6.07) is 7.21. The Kier molecular flexibility index (Phi) is 5.38. The van der Waals surface area contributed by atoms with Gasteiger partial charge in [-0.1, -0.05) is 65.0 Å². The summed E-state index contributed by atoms with van der Waals surface area (Å²) in [5, 5.41) is 8.82. The Labute approximate surface area is 170 Å². The Bertz CT molecular complexity index is 825. The van der Waals surface area contributed by atoms with Gasteiger partial charge < -0.3 is 5.11 Å². The molecular formula is C26H36O2. The van der Waals surface area contributed by atoms with Gasteiger partial charge in [-0.2, -0.15) is 0 Å². The highest BCUT2D eigenvalue weighted by molar-refractivity contribution is 5.81. The van der Waals surface area contributed by atoms with E-state index in [0.29, 0.717) is 11.3 Å². The van der Waals surface area contributed by atoms with E-state index in [1.807, 2.05) is 13.0 Å². The van der Waals surface area contributed by atoms with E-state index in [-0.39, 0.29) is 10.8 Å². The first-order valence-corrected chi connectivity index (χ1v) is 10.7. The summed E-state index contributed by atoms with van der Waals surface area (Å²) < 4.78 is 0. The zero-order valence-corrected chi connectivity index (χ0v) is 18.4. The number of hydrogen-bond acceptors (Lipinski definition) is 1. The van der Waals surface area contributed by atoms with E-state index in [0.717, 1.165) is 12.0 Å². The molecule has 1 aromatic carbocycles. The molecule has 152 valence electrons. The van der Waals surface area contributed by atoms with Crippen molar-refractivity contribution >= 4 is 5.97 Å². The molecular weight excluding hydrogens is 344 g/mol. The van der Waals surface area contributed by atoms with Crippen LogP contribution < -0.4 is 0 Å². The fourth-order valence-electron chi connectivity index (χ4n) is 4.76. The number of rotatable bonds is 6. The average molecular weight is 381 g/mol. The van der Waals surface area contributed by atoms with Gasteiger partial charge in [-0.25, -0.2) is 4.79 Å². The normalized spacial score (nSPS) is 28.2. The minimum absolute atomic E-state index is 0.267. The molecule has 1 fully saturated rings. The molecule has 2 nitrogen and oxygen atoms in total. The summed E-state index contributed by atoms with van der Waals surface area (Å²) in [4.78, 5) is 10.7. The van der Waals surface area contributed by atoms with Gasteiger partial charge >= 0.3 is 5.97 Å². The highest BCUT2D eigenvalue weighted by Crippen LogP contribution is 2.56. The molecule has 28 heavy (non-hydrogen) atoms. The predicted octanol–water partition coefficient (Wildman–Crippen LogP) is 6.58. The number of carboxylic acids is 1. The van der Waals surface area contributed by atoms with E-state index in [4.69, 9.17) is 5.11 Å². The van der Waals surface area contributed by atoms with Crippen LogP contribution in [0.3, 0.4) is 0 Å². The van der Waals surface area contributed by atoms with Gasteiger partial charge in [0.25, 0.3) is 0 Å². The first-order chi connectivity index (χ1) is 12.9. The predicted molar refractivity (Wildman–Crippen MR) is 117 cm³/mol. The number of allylic oxidation sites excluding steroid dienone is 3. The monoisotopic (exact) mass is 380 g/mol. The van der Waals surface area contributed by atoms with Gasteiger partial charge in [0, 0.05) is 6.08 Å². The summed E-state index contributed by atoms with van der Waals surface area (Å²) in [5.74, 6) is -0.308. The maximum atomic E-state index is 10.7. The summed E-state index contributed by atoms with van der Waals surface area (Å²) >= 11 is 0. The highest BCUT2D eigenvalue weighted by Gasteiger charge is 2.47. The van der Waals surface area contributed by atoms with E-state index in [1.54, 1.807) is 5.56 Å². The Balaban J connectivity index is 1.66. The first kappa shape index (κ1) is 20.9. The zero-order valence-electron chi connectivity index (χ0n) is 18.4. The van der Waals surface area contributed by atoms with Crippen molar-refractivity contribution in [2.75, 3.05) is 0 Å². The lowest BCUT2D eigenvalue weighted by molar-refractivity contribution is -0.131. The molecule has 0 saturated heterocycles. The Morgan fingerprint density at radius 1 is 1.11 bits per heavy atom. The summed E-state index contributed by atoms with van der Waals surface area (Å²) in [7, 11) is 0. The maximum Gasteiger partial charge on any atom is 0.328 e. The van der Waals surface area contributed by atoms with Gasteiger partial charge in [0.05, 0.1) is 0 Å². The standard InChI is InChI=1S/C26H36O2/c1-18(15-23(27)28)7-9-20-17-26(20,6)12-11-19-8-10-21-22(16-19)25(4,5)14-13-24(21,2)3/h7-10,15-16,20H,11-14,17H2,1-6H3,(H,27,28). The van der Waals surface area contributed by atoms with Crippen molar-refractivity contribution in [3.05, 3.63) is 58.7 Å². The van der Waals surface area contributed by atoms with Crippen molar-refractivity contribution in [2.24, 2.45) is 11.3 Å². The van der Waals surface area contributed by atoms with Crippen LogP contribution in [0.25, 0.3) is 0 Å². The van der Waals surface area contributed by atoms with Crippen LogP contribution in [0, 0.1) is 11.3 Å². The smallest absolute Gasteiger partial charge is 0.328 e. The fourth-order valence-corrected chi connectivity index (χ4v) is 4.76. The van der Waals surface area contributed by atoms with E-state index in [9.17, 15) is 4.79 Å². The minimum Gasteiger partial charge on any atom is -0.478 e. The Morgan fingerprint density at radius 3 is 2.39 bits per heavy atom. The van der Waals surface area contributed by atoms with E-state index < -0.39 is 5.97 Å². The molecule has 0 radical (unpaired) electrons. The summed E-state index contributed by atoms with van der Waals surface area (Å²) in [6.07, 6.45) is 11.5. The van der Waals surface area contributed by atoms with Crippen LogP contribution in [-0.2, 0) is 22.0 Å². The molecule has 1 aromatic rings. The van der Waals surface area contributed by atoms with E-state index in [1.165, 1.54) is 42.9 Å². The molecule has 0 aromatic heterocycles. The Hall–Kier alpha value is -1.83. The van der Waals surface area contributed by atoms with Crippen molar-refractivity contribution in [3.8, 4) is 0 Å². The summed E-state index contributed by atoms with van der Waals surface area (Å²) in [6.45, 7) is 13.7. The molecule has 0 bridgehead atoms. The molecule has 1 saturated carbocycles. The topological polar surface area (TPSA) is 37.3 Å². The molecule has 2 aliphatic carbocycles. The van der Waals surface area contributed by atoms with E-state index >= 15 is 0 Å². The highest BCUT2D eigenvalue weighted by atomic mass is 16.4. The van der Waals surface area contributed by atoms with Crippen LogP contribution in [0.1, 0.15) is 83.9 Å². The number of hydrogen-bond donors (Lipinski definition) is 1. The first-order valence-electron chi connectivity index (χ1n) is 10.7. The molecule has 2 heteroatoms. The second kappa shape index (κ2) is 7.21. The van der Waals surface area contributed by atoms with Crippen LogP contribution in [0.5, 0.6) is 0 Å². The van der Waals surface area contributed by atoms with Crippen molar-refractivity contribution in [1.29, 1.82) is 0 Å². The molecule has 2 aliphatic rings. The number of benzene rings is 1. The third kappa shape index (κ3) is 4.42. The van der Waals surface area contributed by atoms with Crippen LogP contribution >= 0.6 is 0 Å². The van der Waals surface area contributed by atoms with E-state index in [2.05, 4.69) is 58.9 Å². The fraction of sp³-hybridized carbons (Fsp3) is 0.577. The number of fused-ring (bicyclic) bond motifs is 1. The lowest BCUT2D eigenvalue weighted by Gasteiger charge is -2.42. The van der Waals surface area contributed by atoms with Crippen molar-refractivity contribution in [2.45, 2.75) is 84.5 Å². The zero-order chi connectivity index (χ0) is 20.7. The van der Waals surface area contributed by atoms with Crippen LogP contribution in [-0.4, -0.2) is 11.1 Å². The van der Waals surface area contributed by atoms with Gasteiger partial charge in [-0.05, 0) is 83.5 Å². The molecule has 0 amide bonds. The van der Waals surface area contributed by atoms with Gasteiger partial charge in [-0.3, -0.25) is 0 Å². The second-order valence-corrected chi connectivity index (χ2v) is 10.7. The minimum atomic E-state index is -0.876. The van der Waals surface area contributed by atoms with Crippen LogP contribution in [0.2, 0.25) is 0 Å². The molecule has 2 unspecified atom stereocenters. The summed E-state index contributed by atoms with van der Waals surface area (Å²) in [5.41, 5.74) is 6.25. The molecule has 2 atom stereocenters. The van der Waals surface area contributed by atoms with Gasteiger partial charge in [0.15, 0.2) is 0 Å². The third-order valence-corrected chi connectivity index (χ3v) is 7.27. The lowest BCUT2D eigenvalue weighted by Crippen LogP contribution is -2.33. The maximum absolute atomic E-state index is 10.7. The lowest BCUT2D eigenvalue weighted by atomic mass is 9.63. The second-order valence-electron chi connectivity index (χ2n) is 10.7. The van der Waals surface area contributed by atoms with Gasteiger partial charge in [-0.15, -0.1) is 0 Å². The largest absolute Gasteiger partial charge is 0.478 e. The molecule has 0 spiro atoms. The Morgan fingerprint density at radius 2 is 1.75 bits per heavy atom.